The first-order chi connectivity index (χ1) is 14.6. The highest BCUT2D eigenvalue weighted by molar-refractivity contribution is 5.94. The van der Waals surface area contributed by atoms with Crippen LogP contribution >= 0.6 is 0 Å². The summed E-state index contributed by atoms with van der Waals surface area (Å²) in [5, 5.41) is 3.34. The van der Waals surface area contributed by atoms with Crippen LogP contribution in [0.4, 0.5) is 0 Å². The lowest BCUT2D eigenvalue weighted by molar-refractivity contribution is 0.0103. The van der Waals surface area contributed by atoms with Gasteiger partial charge in [0.05, 0.1) is 13.2 Å². The van der Waals surface area contributed by atoms with Crippen molar-refractivity contribution in [2.75, 3.05) is 26.3 Å². The minimum Gasteiger partial charge on any atom is -0.379 e. The van der Waals surface area contributed by atoms with E-state index in [2.05, 4.69) is 54.4 Å². The van der Waals surface area contributed by atoms with Crippen molar-refractivity contribution in [1.29, 1.82) is 0 Å². The Bertz CT molecular complexity index is 742. The van der Waals surface area contributed by atoms with E-state index in [1.165, 1.54) is 5.56 Å². The summed E-state index contributed by atoms with van der Waals surface area (Å²) in [5.74, 6) is 0.565. The molecule has 2 aromatic rings. The van der Waals surface area contributed by atoms with Crippen LogP contribution in [-0.4, -0.2) is 49.2 Å². The molecule has 2 aromatic carbocycles. The fourth-order valence-corrected chi connectivity index (χ4v) is 4.34. The van der Waals surface area contributed by atoms with E-state index in [0.717, 1.165) is 57.6 Å². The maximum atomic E-state index is 12.8. The molecule has 1 saturated heterocycles. The average molecular weight is 409 g/mol. The largest absolute Gasteiger partial charge is 0.379 e. The minimum absolute atomic E-state index is 0.0324. The number of hydrogen-bond acceptors (Lipinski definition) is 3. The number of rotatable bonds is 10. The van der Waals surface area contributed by atoms with Crippen molar-refractivity contribution >= 4 is 5.91 Å². The fourth-order valence-electron chi connectivity index (χ4n) is 4.34. The third-order valence-electron chi connectivity index (χ3n) is 5.85. The Morgan fingerprint density at radius 3 is 2.23 bits per heavy atom. The van der Waals surface area contributed by atoms with Gasteiger partial charge in [-0.05, 0) is 49.3 Å². The summed E-state index contributed by atoms with van der Waals surface area (Å²) in [5.41, 5.74) is 2.11. The molecular weight excluding hydrogens is 372 g/mol. The smallest absolute Gasteiger partial charge is 0.251 e. The Labute approximate surface area is 181 Å². The first-order valence-electron chi connectivity index (χ1n) is 11.3. The van der Waals surface area contributed by atoms with E-state index in [9.17, 15) is 4.79 Å². The van der Waals surface area contributed by atoms with Crippen LogP contribution < -0.4 is 5.32 Å². The van der Waals surface area contributed by atoms with Crippen LogP contribution in [0.3, 0.4) is 0 Å². The Hall–Kier alpha value is -2.17. The van der Waals surface area contributed by atoms with Crippen LogP contribution in [0.1, 0.15) is 49.0 Å². The third-order valence-corrected chi connectivity index (χ3v) is 5.85. The molecule has 4 nitrogen and oxygen atoms in total. The van der Waals surface area contributed by atoms with Gasteiger partial charge in [-0.15, -0.1) is 0 Å². The molecule has 3 rings (SSSR count). The molecule has 1 aliphatic rings. The second-order valence-corrected chi connectivity index (χ2v) is 8.73. The number of carbonyl (C=O) groups is 1. The summed E-state index contributed by atoms with van der Waals surface area (Å²) in [6.45, 7) is 8.01. The van der Waals surface area contributed by atoms with E-state index in [0.29, 0.717) is 12.0 Å². The molecule has 1 N–H and O–H groups in total. The average Bonchev–Trinajstić information content (AvgIpc) is 2.78. The van der Waals surface area contributed by atoms with Crippen molar-refractivity contribution in [1.82, 2.24) is 10.2 Å². The molecule has 0 spiro atoms. The van der Waals surface area contributed by atoms with Crippen molar-refractivity contribution in [3.8, 4) is 0 Å². The number of benzene rings is 2. The van der Waals surface area contributed by atoms with Crippen LogP contribution in [0.15, 0.2) is 60.7 Å². The number of hydrogen-bond donors (Lipinski definition) is 1. The van der Waals surface area contributed by atoms with E-state index in [1.807, 2.05) is 30.3 Å². The van der Waals surface area contributed by atoms with E-state index in [1.54, 1.807) is 0 Å². The SMILES string of the molecule is CC(C)C[C@@H](C[C@@H](CCc1ccccc1)N1CCOCC1)NC(=O)c1ccccc1. The Morgan fingerprint density at radius 1 is 0.967 bits per heavy atom. The number of morpholine rings is 1. The molecule has 0 aliphatic carbocycles. The predicted molar refractivity (Wildman–Crippen MR) is 123 cm³/mol. The van der Waals surface area contributed by atoms with Crippen LogP contribution in [0.2, 0.25) is 0 Å². The Balaban J connectivity index is 1.68. The number of nitrogens with zero attached hydrogens (tertiary/aromatic N) is 1. The van der Waals surface area contributed by atoms with E-state index < -0.39 is 0 Å². The first kappa shape index (κ1) is 22.5. The van der Waals surface area contributed by atoms with Crippen molar-refractivity contribution in [3.05, 3.63) is 71.8 Å². The van der Waals surface area contributed by atoms with Gasteiger partial charge in [-0.1, -0.05) is 62.4 Å². The first-order valence-corrected chi connectivity index (χ1v) is 11.3. The second kappa shape index (κ2) is 11.9. The van der Waals surface area contributed by atoms with Crippen molar-refractivity contribution < 1.29 is 9.53 Å². The van der Waals surface area contributed by atoms with Gasteiger partial charge in [-0.3, -0.25) is 9.69 Å². The zero-order chi connectivity index (χ0) is 21.2. The molecule has 0 radical (unpaired) electrons. The highest BCUT2D eigenvalue weighted by atomic mass is 16.5. The molecule has 4 heteroatoms. The standard InChI is InChI=1S/C26H36N2O2/c1-21(2)19-24(27-26(29)23-11-7-4-8-12-23)20-25(28-15-17-30-18-16-28)14-13-22-9-5-3-6-10-22/h3-12,21,24-25H,13-20H2,1-2H3,(H,27,29)/t24-,25+/m0/s1. The van der Waals surface area contributed by atoms with Crippen LogP contribution in [-0.2, 0) is 11.2 Å². The summed E-state index contributed by atoms with van der Waals surface area (Å²) in [7, 11) is 0. The van der Waals surface area contributed by atoms with E-state index in [4.69, 9.17) is 4.74 Å². The normalized spacial score (nSPS) is 16.9. The third kappa shape index (κ3) is 7.26. The second-order valence-electron chi connectivity index (χ2n) is 8.73. The van der Waals surface area contributed by atoms with Gasteiger partial charge >= 0.3 is 0 Å². The molecule has 0 saturated carbocycles. The van der Waals surface area contributed by atoms with Gasteiger partial charge < -0.3 is 10.1 Å². The molecule has 1 aliphatic heterocycles. The molecule has 0 unspecified atom stereocenters. The molecule has 1 fully saturated rings. The summed E-state index contributed by atoms with van der Waals surface area (Å²) in [4.78, 5) is 15.4. The molecule has 162 valence electrons. The van der Waals surface area contributed by atoms with Gasteiger partial charge in [0, 0.05) is 30.7 Å². The molecule has 0 bridgehead atoms. The fraction of sp³-hybridized carbons (Fsp3) is 0.500. The van der Waals surface area contributed by atoms with Crippen molar-refractivity contribution in [2.45, 2.75) is 51.6 Å². The molecule has 2 atom stereocenters. The summed E-state index contributed by atoms with van der Waals surface area (Å²) in [6.07, 6.45) is 4.12. The van der Waals surface area contributed by atoms with Crippen LogP contribution in [0.25, 0.3) is 0 Å². The Morgan fingerprint density at radius 2 is 1.60 bits per heavy atom. The molecule has 1 heterocycles. The van der Waals surface area contributed by atoms with Crippen molar-refractivity contribution in [3.63, 3.8) is 0 Å². The monoisotopic (exact) mass is 408 g/mol. The maximum absolute atomic E-state index is 12.8. The summed E-state index contributed by atoms with van der Waals surface area (Å²) in [6, 6.07) is 20.9. The number of carbonyl (C=O) groups excluding carboxylic acids is 1. The van der Waals surface area contributed by atoms with Gasteiger partial charge in [0.1, 0.15) is 0 Å². The number of ether oxygens (including phenoxy) is 1. The van der Waals surface area contributed by atoms with Gasteiger partial charge in [-0.25, -0.2) is 0 Å². The van der Waals surface area contributed by atoms with Crippen molar-refractivity contribution in [2.24, 2.45) is 5.92 Å². The topological polar surface area (TPSA) is 41.6 Å². The molecule has 1 amide bonds. The summed E-state index contributed by atoms with van der Waals surface area (Å²) < 4.78 is 5.59. The predicted octanol–water partition coefficient (Wildman–Crippen LogP) is 4.55. The van der Waals surface area contributed by atoms with Crippen LogP contribution in [0, 0.1) is 5.92 Å². The maximum Gasteiger partial charge on any atom is 0.251 e. The minimum atomic E-state index is 0.0324. The number of amides is 1. The van der Waals surface area contributed by atoms with Gasteiger partial charge in [0.2, 0.25) is 0 Å². The Kier molecular flexibility index (Phi) is 8.91. The number of aryl methyl sites for hydroxylation is 1. The van der Waals surface area contributed by atoms with Gasteiger partial charge in [-0.2, -0.15) is 0 Å². The summed E-state index contributed by atoms with van der Waals surface area (Å²) >= 11 is 0. The molecule has 0 aromatic heterocycles. The lowest BCUT2D eigenvalue weighted by atomic mass is 9.92. The van der Waals surface area contributed by atoms with Gasteiger partial charge in [0.25, 0.3) is 5.91 Å². The lowest BCUT2D eigenvalue weighted by Crippen LogP contribution is -2.48. The molecule has 30 heavy (non-hydrogen) atoms. The van der Waals surface area contributed by atoms with Crippen LogP contribution in [0.5, 0.6) is 0 Å². The van der Waals surface area contributed by atoms with E-state index >= 15 is 0 Å². The zero-order valence-electron chi connectivity index (χ0n) is 18.4. The quantitative estimate of drug-likeness (QED) is 0.627. The highest BCUT2D eigenvalue weighted by Crippen LogP contribution is 2.20. The van der Waals surface area contributed by atoms with E-state index in [-0.39, 0.29) is 11.9 Å². The lowest BCUT2D eigenvalue weighted by Gasteiger charge is -2.37. The highest BCUT2D eigenvalue weighted by Gasteiger charge is 2.26. The zero-order valence-corrected chi connectivity index (χ0v) is 18.4. The van der Waals surface area contributed by atoms with Gasteiger partial charge in [0.15, 0.2) is 0 Å². The molecular formula is C26H36N2O2. The number of nitrogens with one attached hydrogen (secondary N) is 1.